The largest absolute Gasteiger partial charge is 0.232 e. The predicted molar refractivity (Wildman–Crippen MR) is 39.0 cm³/mol. The van der Waals surface area contributed by atoms with E-state index in [9.17, 15) is 0 Å². The van der Waals surface area contributed by atoms with Crippen LogP contribution in [0.2, 0.25) is 0 Å². The molecule has 0 aromatic rings. The number of hydrogen-bond donors (Lipinski definition) is 1. The van der Waals surface area contributed by atoms with E-state index in [1.807, 2.05) is 16.8 Å². The van der Waals surface area contributed by atoms with Gasteiger partial charge in [-0.2, -0.15) is 16.8 Å². The van der Waals surface area contributed by atoms with Gasteiger partial charge in [0.1, 0.15) is 0 Å². The van der Waals surface area contributed by atoms with Crippen LogP contribution in [-0.4, -0.2) is 29.7 Å². The number of thiol groups is 1. The van der Waals surface area contributed by atoms with Crippen LogP contribution >= 0.6 is 24.7 Å². The van der Waals surface area contributed by atoms with Gasteiger partial charge < -0.3 is 0 Å². The summed E-state index contributed by atoms with van der Waals surface area (Å²) in [6, 6.07) is 0. The summed E-state index contributed by atoms with van der Waals surface area (Å²) in [6.45, 7) is 2.02. The van der Waals surface area contributed by atoms with E-state index in [-0.39, 0.29) is 0 Å². The quantitative estimate of drug-likeness (QED) is 0.440. The lowest BCUT2D eigenvalue weighted by Crippen LogP contribution is -2.29. The molecule has 0 atom stereocenters. The normalized spacial score (nSPS) is 23.6. The minimum absolute atomic E-state index is 1.01. The summed E-state index contributed by atoms with van der Waals surface area (Å²) in [7, 11) is 0. The van der Waals surface area contributed by atoms with Gasteiger partial charge >= 0.3 is 0 Å². The third-order valence-corrected chi connectivity index (χ3v) is 2.26. The second kappa shape index (κ2) is 3.61. The molecule has 1 fully saturated rings. The monoisotopic (exact) mass is 151 g/mol. The molecule has 0 aromatic carbocycles. The Morgan fingerprint density at radius 2 is 2.00 bits per heavy atom. The van der Waals surface area contributed by atoms with Gasteiger partial charge in [-0.3, -0.25) is 0 Å². The summed E-state index contributed by atoms with van der Waals surface area (Å²) in [5.74, 6) is 2.33. The minimum atomic E-state index is 1.01. The molecule has 1 aliphatic heterocycles. The molecule has 1 saturated heterocycles. The van der Waals surface area contributed by atoms with Crippen LogP contribution in [0.15, 0.2) is 0 Å². The third-order valence-electron chi connectivity index (χ3n) is 1.09. The fourth-order valence-electron chi connectivity index (χ4n) is 0.628. The number of thioether (sulfide) groups is 1. The van der Waals surface area contributed by atoms with Gasteiger partial charge in [0.25, 0.3) is 0 Å². The van der Waals surface area contributed by atoms with Crippen molar-refractivity contribution in [3.8, 4) is 0 Å². The van der Waals surface area contributed by atoms with E-state index in [4.69, 9.17) is 4.28 Å². The van der Waals surface area contributed by atoms with Crippen molar-refractivity contribution in [3.05, 3.63) is 0 Å². The molecule has 0 unspecified atom stereocenters. The van der Waals surface area contributed by atoms with Gasteiger partial charge in [0.05, 0.1) is 0 Å². The first-order valence-electron chi connectivity index (χ1n) is 2.57. The number of hydrogen-bond acceptors (Lipinski definition) is 4. The Morgan fingerprint density at radius 3 is 2.38 bits per heavy atom. The van der Waals surface area contributed by atoms with E-state index in [0.29, 0.717) is 0 Å². The Labute approximate surface area is 59.1 Å². The Balaban J connectivity index is 2.13. The Kier molecular flexibility index (Phi) is 3.04. The van der Waals surface area contributed by atoms with Crippen LogP contribution in [0.4, 0.5) is 0 Å². The van der Waals surface area contributed by atoms with Crippen molar-refractivity contribution in [1.29, 1.82) is 0 Å². The minimum Gasteiger partial charge on any atom is -0.232 e. The fraction of sp³-hybridized carbons (Fsp3) is 1.00. The summed E-state index contributed by atoms with van der Waals surface area (Å²) in [5, 5.41) is 1.86. The standard InChI is InChI=1S/C4H9NOS2/c7-6-5-1-3-8-4-2-5/h7H,1-4H2. The molecule has 2 nitrogen and oxygen atoms in total. The first-order valence-corrected chi connectivity index (χ1v) is 4.09. The maximum absolute atomic E-state index is 4.71. The molecule has 1 heterocycles. The topological polar surface area (TPSA) is 12.5 Å². The van der Waals surface area contributed by atoms with Gasteiger partial charge in [0.15, 0.2) is 0 Å². The van der Waals surface area contributed by atoms with Gasteiger partial charge in [0, 0.05) is 24.6 Å². The SMILES string of the molecule is SON1CCSCC1. The molecule has 4 heteroatoms. The summed E-state index contributed by atoms with van der Waals surface area (Å²) in [6.07, 6.45) is 0. The second-order valence-electron chi connectivity index (χ2n) is 1.62. The Morgan fingerprint density at radius 1 is 1.38 bits per heavy atom. The molecule has 0 aromatic heterocycles. The molecule has 0 N–H and O–H groups in total. The van der Waals surface area contributed by atoms with E-state index in [0.717, 1.165) is 13.1 Å². The summed E-state index contributed by atoms with van der Waals surface area (Å²) in [5.41, 5.74) is 0. The van der Waals surface area contributed by atoms with E-state index < -0.39 is 0 Å². The maximum Gasteiger partial charge on any atom is 0.0343 e. The molecule has 0 amide bonds. The average Bonchev–Trinajstić information content (AvgIpc) is 1.90. The van der Waals surface area contributed by atoms with Crippen molar-refractivity contribution < 1.29 is 4.28 Å². The maximum atomic E-state index is 4.71. The van der Waals surface area contributed by atoms with Gasteiger partial charge in [-0.1, -0.05) is 0 Å². The second-order valence-corrected chi connectivity index (χ2v) is 3.01. The zero-order valence-electron chi connectivity index (χ0n) is 4.54. The lowest BCUT2D eigenvalue weighted by molar-refractivity contribution is -0.0233. The van der Waals surface area contributed by atoms with Crippen molar-refractivity contribution in [1.82, 2.24) is 5.06 Å². The highest BCUT2D eigenvalue weighted by Gasteiger charge is 2.08. The highest BCUT2D eigenvalue weighted by Crippen LogP contribution is 2.09. The van der Waals surface area contributed by atoms with Crippen LogP contribution < -0.4 is 0 Å². The Hall–Kier alpha value is 0.620. The highest BCUT2D eigenvalue weighted by atomic mass is 32.2. The summed E-state index contributed by atoms with van der Waals surface area (Å²) in [4.78, 5) is 0. The van der Waals surface area contributed by atoms with E-state index in [1.54, 1.807) is 0 Å². The number of hydroxylamine groups is 2. The average molecular weight is 151 g/mol. The highest BCUT2D eigenvalue weighted by molar-refractivity contribution is 7.99. The van der Waals surface area contributed by atoms with Crippen LogP contribution in [0.25, 0.3) is 0 Å². The summed E-state index contributed by atoms with van der Waals surface area (Å²) >= 11 is 5.64. The van der Waals surface area contributed by atoms with Crippen LogP contribution in [0.1, 0.15) is 0 Å². The molecule has 0 bridgehead atoms. The van der Waals surface area contributed by atoms with Gasteiger partial charge in [0.2, 0.25) is 0 Å². The van der Waals surface area contributed by atoms with Crippen molar-refractivity contribution in [3.63, 3.8) is 0 Å². The van der Waals surface area contributed by atoms with Gasteiger partial charge in [-0.05, 0) is 12.9 Å². The zero-order valence-corrected chi connectivity index (χ0v) is 6.25. The molecule has 0 aliphatic carbocycles. The van der Waals surface area contributed by atoms with E-state index in [2.05, 4.69) is 12.9 Å². The molecule has 0 spiro atoms. The lowest BCUT2D eigenvalue weighted by atomic mass is 10.6. The fourth-order valence-corrected chi connectivity index (χ4v) is 1.66. The van der Waals surface area contributed by atoms with Crippen LogP contribution in [-0.2, 0) is 4.28 Å². The summed E-state index contributed by atoms with van der Waals surface area (Å²) < 4.78 is 4.71. The molecular formula is C4H9NOS2. The molecular weight excluding hydrogens is 142 g/mol. The van der Waals surface area contributed by atoms with Crippen LogP contribution in [0, 0.1) is 0 Å². The zero-order chi connectivity index (χ0) is 5.82. The smallest absolute Gasteiger partial charge is 0.0343 e. The molecule has 1 aliphatic rings. The predicted octanol–water partition coefficient (Wildman–Crippen LogP) is 0.812. The van der Waals surface area contributed by atoms with Gasteiger partial charge in [-0.15, -0.1) is 0 Å². The van der Waals surface area contributed by atoms with Crippen LogP contribution in [0.3, 0.4) is 0 Å². The molecule has 0 radical (unpaired) electrons. The molecule has 1 rings (SSSR count). The van der Waals surface area contributed by atoms with E-state index in [1.165, 1.54) is 11.5 Å². The molecule has 0 saturated carbocycles. The number of rotatable bonds is 1. The van der Waals surface area contributed by atoms with Crippen molar-refractivity contribution in [2.45, 2.75) is 0 Å². The number of nitrogens with zero attached hydrogens (tertiary/aromatic N) is 1. The van der Waals surface area contributed by atoms with Crippen molar-refractivity contribution >= 4 is 24.7 Å². The first-order chi connectivity index (χ1) is 3.93. The van der Waals surface area contributed by atoms with Crippen molar-refractivity contribution in [2.24, 2.45) is 0 Å². The first kappa shape index (κ1) is 6.74. The van der Waals surface area contributed by atoms with Crippen LogP contribution in [0.5, 0.6) is 0 Å². The molecule has 48 valence electrons. The molecule has 8 heavy (non-hydrogen) atoms. The van der Waals surface area contributed by atoms with Crippen molar-refractivity contribution in [2.75, 3.05) is 24.6 Å². The van der Waals surface area contributed by atoms with E-state index >= 15 is 0 Å². The van der Waals surface area contributed by atoms with Gasteiger partial charge in [-0.25, -0.2) is 4.28 Å². The lowest BCUT2D eigenvalue weighted by Gasteiger charge is -2.21. The Bertz CT molecular complexity index is 65.1. The third kappa shape index (κ3) is 1.85.